The van der Waals surface area contributed by atoms with Gasteiger partial charge in [0.1, 0.15) is 0 Å². The van der Waals surface area contributed by atoms with Crippen LogP contribution in [0, 0.1) is 18.3 Å². The van der Waals surface area contributed by atoms with Gasteiger partial charge in [-0.1, -0.05) is 0 Å². The van der Waals surface area contributed by atoms with Crippen molar-refractivity contribution >= 4 is 32.8 Å². The molecule has 0 aliphatic rings. The number of aryl methyl sites for hydroxylation is 1. The molecular formula is C15H11AsClNO. The van der Waals surface area contributed by atoms with Gasteiger partial charge in [-0.05, 0) is 0 Å². The number of hydrogen-bond acceptors (Lipinski definition) is 2. The monoisotopic (exact) mass is 331 g/mol. The van der Waals surface area contributed by atoms with Gasteiger partial charge in [0.05, 0.1) is 0 Å². The summed E-state index contributed by atoms with van der Waals surface area (Å²) in [7, 11) is 0. The quantitative estimate of drug-likeness (QED) is 0.810. The van der Waals surface area contributed by atoms with Crippen LogP contribution in [0.25, 0.3) is 0 Å². The summed E-state index contributed by atoms with van der Waals surface area (Å²) < 4.78 is 6.67. The van der Waals surface area contributed by atoms with Crippen LogP contribution in [-0.2, 0) is 6.61 Å². The Kier molecular flexibility index (Phi) is 4.53. The summed E-state index contributed by atoms with van der Waals surface area (Å²) >= 11 is 8.31. The first-order chi connectivity index (χ1) is 9.11. The van der Waals surface area contributed by atoms with Gasteiger partial charge in [0.25, 0.3) is 0 Å². The number of nitrogens with zero attached hydrogens (tertiary/aromatic N) is 1. The Bertz CT molecular complexity index is 649. The average molecular weight is 332 g/mol. The molecule has 19 heavy (non-hydrogen) atoms. The Morgan fingerprint density at radius 3 is 2.79 bits per heavy atom. The standard InChI is InChI=1S/C15H11AsClNO/c1-10-7-12(17)5-6-15(10)19-9-11-3-2-4-14(16)13(11)8-18/h2-7H,9H2,1H3. The summed E-state index contributed by atoms with van der Waals surface area (Å²) in [5.41, 5.74) is 2.53. The van der Waals surface area contributed by atoms with Crippen LogP contribution >= 0.6 is 11.6 Å². The molecule has 2 aromatic rings. The van der Waals surface area contributed by atoms with E-state index in [9.17, 15) is 0 Å². The van der Waals surface area contributed by atoms with E-state index in [-0.39, 0.29) is 0 Å². The third-order valence-corrected chi connectivity index (χ3v) is 3.78. The molecule has 0 atom stereocenters. The van der Waals surface area contributed by atoms with E-state index in [0.717, 1.165) is 21.2 Å². The van der Waals surface area contributed by atoms with E-state index in [1.165, 1.54) is 0 Å². The molecule has 0 saturated carbocycles. The van der Waals surface area contributed by atoms with Crippen molar-refractivity contribution in [2.24, 2.45) is 0 Å². The molecule has 0 aliphatic carbocycles. The molecule has 0 aliphatic heterocycles. The molecule has 0 heterocycles. The molecule has 0 bridgehead atoms. The van der Waals surface area contributed by atoms with Gasteiger partial charge in [0.15, 0.2) is 0 Å². The fourth-order valence-corrected chi connectivity index (χ4v) is 2.58. The fraction of sp³-hybridized carbons (Fsp3) is 0.133. The average Bonchev–Trinajstić information content (AvgIpc) is 2.38. The normalized spacial score (nSPS) is 10.0. The van der Waals surface area contributed by atoms with Crippen molar-refractivity contribution < 1.29 is 4.74 Å². The van der Waals surface area contributed by atoms with E-state index < -0.39 is 0 Å². The minimum absolute atomic E-state index is 0.372. The third-order valence-electron chi connectivity index (χ3n) is 2.76. The zero-order valence-corrected chi connectivity index (χ0v) is 13.0. The van der Waals surface area contributed by atoms with Crippen molar-refractivity contribution in [3.8, 4) is 11.8 Å². The zero-order valence-electron chi connectivity index (χ0n) is 10.4. The van der Waals surface area contributed by atoms with Gasteiger partial charge < -0.3 is 0 Å². The molecule has 2 radical (unpaired) electrons. The summed E-state index contributed by atoms with van der Waals surface area (Å²) in [5.74, 6) is 0.782. The molecule has 0 N–H and O–H groups in total. The first-order valence-electron chi connectivity index (χ1n) is 5.71. The molecule has 0 unspecified atom stereocenters. The van der Waals surface area contributed by atoms with Crippen molar-refractivity contribution in [2.75, 3.05) is 0 Å². The fourth-order valence-electron chi connectivity index (χ4n) is 1.77. The summed E-state index contributed by atoms with van der Waals surface area (Å²) in [5, 5.41) is 9.84. The van der Waals surface area contributed by atoms with Crippen LogP contribution in [0.15, 0.2) is 36.4 Å². The summed E-state index contributed by atoms with van der Waals surface area (Å²) in [6, 6.07) is 13.4. The third kappa shape index (κ3) is 3.32. The Labute approximate surface area is 126 Å². The summed E-state index contributed by atoms with van der Waals surface area (Å²) in [6.45, 7) is 2.32. The first kappa shape index (κ1) is 14.0. The number of benzene rings is 2. The van der Waals surface area contributed by atoms with Crippen molar-refractivity contribution in [3.63, 3.8) is 0 Å². The molecular weight excluding hydrogens is 321 g/mol. The van der Waals surface area contributed by atoms with Crippen molar-refractivity contribution in [2.45, 2.75) is 13.5 Å². The summed E-state index contributed by atoms with van der Waals surface area (Å²) in [4.78, 5) is 0. The molecule has 2 rings (SSSR count). The Morgan fingerprint density at radius 1 is 1.32 bits per heavy atom. The number of halogens is 1. The topological polar surface area (TPSA) is 33.0 Å². The van der Waals surface area contributed by atoms with E-state index in [4.69, 9.17) is 21.6 Å². The van der Waals surface area contributed by atoms with Gasteiger partial charge in [-0.3, -0.25) is 0 Å². The van der Waals surface area contributed by atoms with Gasteiger partial charge in [-0.2, -0.15) is 0 Å². The second-order valence-electron chi connectivity index (χ2n) is 4.12. The number of rotatable bonds is 3. The maximum absolute atomic E-state index is 9.15. The van der Waals surface area contributed by atoms with Crippen molar-refractivity contribution in [1.29, 1.82) is 5.26 Å². The molecule has 2 nitrogen and oxygen atoms in total. The van der Waals surface area contributed by atoms with Gasteiger partial charge in [0.2, 0.25) is 0 Å². The van der Waals surface area contributed by atoms with Crippen LogP contribution in [0.3, 0.4) is 0 Å². The van der Waals surface area contributed by atoms with Gasteiger partial charge >= 0.3 is 126 Å². The predicted octanol–water partition coefficient (Wildman–Crippen LogP) is 2.89. The van der Waals surface area contributed by atoms with Crippen molar-refractivity contribution in [1.82, 2.24) is 0 Å². The van der Waals surface area contributed by atoms with E-state index in [1.807, 2.05) is 37.3 Å². The van der Waals surface area contributed by atoms with Crippen LogP contribution in [0.4, 0.5) is 0 Å². The molecule has 94 valence electrons. The van der Waals surface area contributed by atoms with E-state index in [2.05, 4.69) is 22.9 Å². The number of nitriles is 1. The van der Waals surface area contributed by atoms with Gasteiger partial charge in [-0.25, -0.2) is 0 Å². The van der Waals surface area contributed by atoms with Crippen LogP contribution in [0.2, 0.25) is 5.02 Å². The molecule has 0 saturated heterocycles. The summed E-state index contributed by atoms with van der Waals surface area (Å²) in [6.07, 6.45) is 0. The first-order valence-corrected chi connectivity index (χ1v) is 7.03. The second kappa shape index (κ2) is 6.15. The molecule has 0 aromatic heterocycles. The predicted molar refractivity (Wildman–Crippen MR) is 77.1 cm³/mol. The van der Waals surface area contributed by atoms with E-state index in [0.29, 0.717) is 17.2 Å². The van der Waals surface area contributed by atoms with Gasteiger partial charge in [-0.15, -0.1) is 0 Å². The molecule has 0 fully saturated rings. The van der Waals surface area contributed by atoms with E-state index in [1.54, 1.807) is 6.07 Å². The number of ether oxygens (including phenoxy) is 1. The van der Waals surface area contributed by atoms with Crippen LogP contribution < -0.4 is 9.09 Å². The second-order valence-corrected chi connectivity index (χ2v) is 5.57. The van der Waals surface area contributed by atoms with Crippen LogP contribution in [0.5, 0.6) is 5.75 Å². The molecule has 0 spiro atoms. The number of hydrogen-bond donors (Lipinski definition) is 0. The van der Waals surface area contributed by atoms with E-state index >= 15 is 0 Å². The van der Waals surface area contributed by atoms with Crippen molar-refractivity contribution in [3.05, 3.63) is 58.1 Å². The maximum atomic E-state index is 9.15. The Morgan fingerprint density at radius 2 is 2.11 bits per heavy atom. The SMILES string of the molecule is Cc1cc(Cl)ccc1OCc1cccc([As])c1C#N. The Hall–Kier alpha value is -1.42. The zero-order chi connectivity index (χ0) is 13.8. The van der Waals surface area contributed by atoms with Crippen LogP contribution in [0.1, 0.15) is 16.7 Å². The molecule has 2 aromatic carbocycles. The van der Waals surface area contributed by atoms with Crippen LogP contribution in [-0.4, -0.2) is 16.9 Å². The molecule has 0 amide bonds. The Balaban J connectivity index is 2.20. The molecule has 4 heteroatoms. The minimum atomic E-state index is 0.372. The van der Waals surface area contributed by atoms with Gasteiger partial charge in [0, 0.05) is 0 Å².